The molecule has 4 rings (SSSR count). The van der Waals surface area contributed by atoms with Gasteiger partial charge in [-0.15, -0.1) is 0 Å². The lowest BCUT2D eigenvalue weighted by atomic mass is 9.68. The van der Waals surface area contributed by atoms with Crippen molar-refractivity contribution in [1.82, 2.24) is 9.97 Å². The summed E-state index contributed by atoms with van der Waals surface area (Å²) in [5, 5.41) is 9.66. The van der Waals surface area contributed by atoms with Crippen LogP contribution < -0.4 is 10.6 Å². The Labute approximate surface area is 87.9 Å². The van der Waals surface area contributed by atoms with Crippen LogP contribution in [0.5, 0.6) is 0 Å². The van der Waals surface area contributed by atoms with E-state index in [-0.39, 0.29) is 6.10 Å². The maximum Gasteiger partial charge on any atom is 0.134 e. The molecule has 3 fully saturated rings. The molecule has 0 amide bonds. The van der Waals surface area contributed by atoms with Crippen LogP contribution in [-0.4, -0.2) is 34.3 Å². The van der Waals surface area contributed by atoms with Crippen LogP contribution in [0.2, 0.25) is 0 Å². The molecular weight excluding hydrogens is 192 g/mol. The van der Waals surface area contributed by atoms with Crippen molar-refractivity contribution in [3.8, 4) is 0 Å². The van der Waals surface area contributed by atoms with Gasteiger partial charge in [0.15, 0.2) is 0 Å². The maximum absolute atomic E-state index is 9.66. The van der Waals surface area contributed by atoms with Crippen molar-refractivity contribution in [2.75, 3.05) is 23.7 Å². The Morgan fingerprint density at radius 1 is 1.33 bits per heavy atom. The predicted molar refractivity (Wildman–Crippen MR) is 56.3 cm³/mol. The minimum absolute atomic E-state index is 0.0968. The Hall–Kier alpha value is -1.36. The standard InChI is InChI=1S/C10H14N4O/c11-8-2-9(13-5-12-8)14-3-6-1-7(4-14)10(6)15/h2,5-7,10,15H,1,3-4H2,(H2,11,12,13). The number of rotatable bonds is 1. The van der Waals surface area contributed by atoms with Crippen LogP contribution in [0.3, 0.4) is 0 Å². The average molecular weight is 206 g/mol. The van der Waals surface area contributed by atoms with E-state index < -0.39 is 0 Å². The summed E-state index contributed by atoms with van der Waals surface area (Å²) in [6.07, 6.45) is 2.54. The summed E-state index contributed by atoms with van der Waals surface area (Å²) in [6.45, 7) is 1.77. The van der Waals surface area contributed by atoms with Gasteiger partial charge in [0.05, 0.1) is 6.10 Å². The van der Waals surface area contributed by atoms with Gasteiger partial charge in [0.25, 0.3) is 0 Å². The van der Waals surface area contributed by atoms with Crippen LogP contribution in [0.15, 0.2) is 12.4 Å². The van der Waals surface area contributed by atoms with Crippen LogP contribution in [0, 0.1) is 11.8 Å². The van der Waals surface area contributed by atoms with Gasteiger partial charge in [-0.2, -0.15) is 0 Å². The summed E-state index contributed by atoms with van der Waals surface area (Å²) in [6, 6.07) is 1.79. The van der Waals surface area contributed by atoms with Gasteiger partial charge in [0, 0.05) is 31.0 Å². The first kappa shape index (κ1) is 8.91. The molecule has 0 spiro atoms. The third-order valence-electron chi connectivity index (χ3n) is 3.48. The van der Waals surface area contributed by atoms with Crippen LogP contribution in [-0.2, 0) is 0 Å². The Balaban J connectivity index is 1.79. The van der Waals surface area contributed by atoms with E-state index in [1.165, 1.54) is 6.33 Å². The molecule has 2 aliphatic heterocycles. The highest BCUT2D eigenvalue weighted by atomic mass is 16.3. The second-order valence-electron chi connectivity index (χ2n) is 4.45. The van der Waals surface area contributed by atoms with Crippen molar-refractivity contribution in [1.29, 1.82) is 0 Å². The van der Waals surface area contributed by atoms with Crippen molar-refractivity contribution in [2.45, 2.75) is 12.5 Å². The van der Waals surface area contributed by atoms with Crippen molar-refractivity contribution in [2.24, 2.45) is 11.8 Å². The lowest BCUT2D eigenvalue weighted by molar-refractivity contribution is -0.0533. The molecule has 5 heteroatoms. The number of aliphatic hydroxyl groups is 1. The molecule has 3 heterocycles. The number of aliphatic hydroxyl groups excluding tert-OH is 1. The molecule has 2 unspecified atom stereocenters. The molecule has 3 N–H and O–H groups in total. The molecule has 1 aromatic heterocycles. The van der Waals surface area contributed by atoms with Gasteiger partial charge < -0.3 is 15.7 Å². The van der Waals surface area contributed by atoms with E-state index in [0.29, 0.717) is 17.7 Å². The van der Waals surface area contributed by atoms with Crippen LogP contribution in [0.25, 0.3) is 0 Å². The lowest BCUT2D eigenvalue weighted by Gasteiger charge is -2.51. The molecule has 2 atom stereocenters. The highest BCUT2D eigenvalue weighted by Crippen LogP contribution is 2.41. The van der Waals surface area contributed by atoms with Gasteiger partial charge in [-0.1, -0.05) is 0 Å². The van der Waals surface area contributed by atoms with Crippen molar-refractivity contribution in [3.05, 3.63) is 12.4 Å². The Bertz CT molecular complexity index is 371. The number of hydrogen-bond donors (Lipinski definition) is 2. The van der Waals surface area contributed by atoms with Crippen LogP contribution in [0.4, 0.5) is 11.6 Å². The third-order valence-corrected chi connectivity index (χ3v) is 3.48. The largest absolute Gasteiger partial charge is 0.392 e. The minimum atomic E-state index is -0.0968. The summed E-state index contributed by atoms with van der Waals surface area (Å²) < 4.78 is 0. The number of aromatic nitrogens is 2. The molecule has 80 valence electrons. The Kier molecular flexibility index (Phi) is 1.82. The molecule has 0 aromatic carbocycles. The van der Waals surface area contributed by atoms with Gasteiger partial charge >= 0.3 is 0 Å². The highest BCUT2D eigenvalue weighted by molar-refractivity contribution is 5.47. The SMILES string of the molecule is Nc1cc(N2CC3CC(C2)C3O)ncn1. The van der Waals surface area contributed by atoms with E-state index in [4.69, 9.17) is 5.73 Å². The van der Waals surface area contributed by atoms with E-state index in [2.05, 4.69) is 14.9 Å². The fourth-order valence-electron chi connectivity index (χ4n) is 2.58. The quantitative estimate of drug-likeness (QED) is 0.669. The van der Waals surface area contributed by atoms with E-state index in [1.54, 1.807) is 6.07 Å². The fraction of sp³-hybridized carbons (Fsp3) is 0.600. The molecule has 15 heavy (non-hydrogen) atoms. The number of nitrogen functional groups attached to an aromatic ring is 1. The van der Waals surface area contributed by atoms with Gasteiger partial charge in [0.1, 0.15) is 18.0 Å². The van der Waals surface area contributed by atoms with E-state index in [1.807, 2.05) is 0 Å². The van der Waals surface area contributed by atoms with Gasteiger partial charge in [-0.3, -0.25) is 0 Å². The number of fused-ring (bicyclic) bond motifs is 2. The zero-order valence-corrected chi connectivity index (χ0v) is 8.37. The normalized spacial score (nSPS) is 33.7. The summed E-state index contributed by atoms with van der Waals surface area (Å²) in [7, 11) is 0. The van der Waals surface area contributed by atoms with E-state index >= 15 is 0 Å². The molecular formula is C10H14N4O. The van der Waals surface area contributed by atoms with Gasteiger partial charge in [-0.05, 0) is 6.42 Å². The zero-order valence-electron chi connectivity index (χ0n) is 8.37. The number of anilines is 2. The van der Waals surface area contributed by atoms with Gasteiger partial charge in [-0.25, -0.2) is 9.97 Å². The number of nitrogens with two attached hydrogens (primary N) is 1. The van der Waals surface area contributed by atoms with E-state index in [0.717, 1.165) is 25.3 Å². The Morgan fingerprint density at radius 2 is 2.07 bits per heavy atom. The molecule has 1 saturated carbocycles. The monoisotopic (exact) mass is 206 g/mol. The lowest BCUT2D eigenvalue weighted by Crippen LogP contribution is -2.58. The summed E-state index contributed by atoms with van der Waals surface area (Å²) in [4.78, 5) is 10.3. The highest BCUT2D eigenvalue weighted by Gasteiger charge is 2.45. The molecule has 2 bridgehead atoms. The molecule has 1 aliphatic carbocycles. The summed E-state index contributed by atoms with van der Waals surface area (Å²) in [5.74, 6) is 2.21. The van der Waals surface area contributed by atoms with Crippen molar-refractivity contribution >= 4 is 11.6 Å². The van der Waals surface area contributed by atoms with Gasteiger partial charge in [0.2, 0.25) is 0 Å². The fourth-order valence-corrected chi connectivity index (χ4v) is 2.58. The second-order valence-corrected chi connectivity index (χ2v) is 4.45. The smallest absolute Gasteiger partial charge is 0.134 e. The first-order valence-corrected chi connectivity index (χ1v) is 5.24. The molecule has 2 saturated heterocycles. The zero-order chi connectivity index (χ0) is 10.4. The second kappa shape index (κ2) is 3.06. The average Bonchev–Trinajstić information content (AvgIpc) is 2.28. The predicted octanol–water partition coefficient (Wildman–Crippen LogP) is -0.124. The van der Waals surface area contributed by atoms with E-state index in [9.17, 15) is 5.11 Å². The maximum atomic E-state index is 9.66. The number of nitrogens with zero attached hydrogens (tertiary/aromatic N) is 3. The minimum Gasteiger partial charge on any atom is -0.392 e. The molecule has 0 radical (unpaired) electrons. The number of hydrogen-bond acceptors (Lipinski definition) is 5. The summed E-state index contributed by atoms with van der Waals surface area (Å²) in [5.41, 5.74) is 5.61. The topological polar surface area (TPSA) is 75.3 Å². The third kappa shape index (κ3) is 1.34. The van der Waals surface area contributed by atoms with Crippen molar-refractivity contribution < 1.29 is 5.11 Å². The van der Waals surface area contributed by atoms with Crippen LogP contribution in [0.1, 0.15) is 6.42 Å². The first-order chi connectivity index (χ1) is 7.24. The Morgan fingerprint density at radius 3 is 2.67 bits per heavy atom. The first-order valence-electron chi connectivity index (χ1n) is 5.24. The molecule has 5 nitrogen and oxygen atoms in total. The number of piperidine rings is 2. The summed E-state index contributed by atoms with van der Waals surface area (Å²) >= 11 is 0. The van der Waals surface area contributed by atoms with Crippen LogP contribution >= 0.6 is 0 Å². The van der Waals surface area contributed by atoms with Crippen molar-refractivity contribution in [3.63, 3.8) is 0 Å². The molecule has 1 aromatic rings. The molecule has 3 aliphatic rings.